The molecule has 8 aromatic rings. The molecule has 0 atom stereocenters. The number of aromatic nitrogens is 10. The van der Waals surface area contributed by atoms with Crippen LogP contribution in [0.3, 0.4) is 0 Å². The van der Waals surface area contributed by atoms with Crippen molar-refractivity contribution in [3.05, 3.63) is 207 Å². The number of hydrogen-bond acceptors (Lipinski definition) is 14. The van der Waals surface area contributed by atoms with Crippen LogP contribution < -0.4 is 40.0 Å². The van der Waals surface area contributed by atoms with Crippen molar-refractivity contribution < 1.29 is 53.4 Å². The summed E-state index contributed by atoms with van der Waals surface area (Å²) in [6.07, 6.45) is 11.1. The van der Waals surface area contributed by atoms with Crippen molar-refractivity contribution in [3.63, 3.8) is 0 Å². The molecule has 6 aromatic heterocycles. The molecule has 2 aromatic carbocycles. The molecule has 12 rings (SSSR count). The minimum absolute atomic E-state index is 0. The quantitative estimate of drug-likeness (QED) is 0.106. The summed E-state index contributed by atoms with van der Waals surface area (Å²) in [5.74, 6) is 0. The van der Waals surface area contributed by atoms with Crippen LogP contribution in [0.2, 0.25) is 0 Å². The first-order valence-corrected chi connectivity index (χ1v) is 29.2. The number of benzene rings is 2. The third-order valence-electron chi connectivity index (χ3n) is 14.2. The standard InChI is InChI=1S/C22H31N4.C19H22F3N4.2C13H11N5.2Ir/c1-17(2)23-8-10-25(15-23)20-12-19(22(5,6)7)13-21(14-20)26-11-9-24(16-26)18(3)4;1-14(2)23-5-7-25(12-23)17-9-16(19(20,21)22)10-18(11-17)26-8-6-24(13-26)15(3)4;2*1-8-6-12(17-15-8)10-4-3-5-11(14-10)13-7-9(2)16-18-13;;/h8-13,15-18H,1-7H3;5-10,12-15H,1-4H3;2*3-7H,1-2H3;;/q2*-3;2*-2;;. The predicted molar refractivity (Wildman–Crippen MR) is 339 cm³/mol. The van der Waals surface area contributed by atoms with Crippen molar-refractivity contribution >= 4 is 22.7 Å². The minimum atomic E-state index is -4.43. The summed E-state index contributed by atoms with van der Waals surface area (Å²) in [6.45, 7) is 39.0. The second-order valence-electron chi connectivity index (χ2n) is 23.8. The molecule has 4 aliphatic rings. The maximum Gasteiger partial charge on any atom is 0.394 e. The molecule has 482 valence electrons. The van der Waals surface area contributed by atoms with Crippen LogP contribution in [0.1, 0.15) is 110 Å². The maximum atomic E-state index is 13.4. The van der Waals surface area contributed by atoms with Gasteiger partial charge in [-0.2, -0.15) is 39.8 Å². The Kier molecular flexibility index (Phi) is 23.0. The summed E-state index contributed by atoms with van der Waals surface area (Å²) >= 11 is 0. The number of pyridine rings is 2. The maximum absolute atomic E-state index is 13.4. The number of nitrogens with zero attached hydrogens (tertiary/aromatic N) is 18. The second kappa shape index (κ2) is 29.8. The third kappa shape index (κ3) is 17.7. The van der Waals surface area contributed by atoms with Gasteiger partial charge in [0.15, 0.2) is 0 Å². The zero-order valence-electron chi connectivity index (χ0n) is 53.2. The Morgan fingerprint density at radius 3 is 0.822 bits per heavy atom. The topological polar surface area (TPSA) is 160 Å². The number of anilines is 4. The largest absolute Gasteiger partial charge is 0.574 e. The molecule has 10 heterocycles. The Hall–Kier alpha value is -7.97. The van der Waals surface area contributed by atoms with Gasteiger partial charge in [-0.05, 0) is 187 Å². The van der Waals surface area contributed by atoms with E-state index in [0.29, 0.717) is 23.5 Å². The molecule has 0 aliphatic carbocycles. The van der Waals surface area contributed by atoms with Crippen LogP contribution in [0.4, 0.5) is 35.9 Å². The number of rotatable bonds is 12. The molecule has 4 aliphatic heterocycles. The van der Waals surface area contributed by atoms with Gasteiger partial charge in [-0.15, -0.1) is 64.7 Å². The Balaban J connectivity index is 0.000000172. The van der Waals surface area contributed by atoms with E-state index in [-0.39, 0.29) is 57.7 Å². The summed E-state index contributed by atoms with van der Waals surface area (Å²) in [7, 11) is 0. The molecule has 0 N–H and O–H groups in total. The predicted octanol–water partition coefficient (Wildman–Crippen LogP) is 13.2. The molecular formula is C67H75F3Ir2N18-10. The van der Waals surface area contributed by atoms with Crippen LogP contribution in [-0.4, -0.2) is 74.1 Å². The van der Waals surface area contributed by atoms with E-state index >= 15 is 0 Å². The first kappa shape index (κ1) is 69.5. The molecule has 18 nitrogen and oxygen atoms in total. The van der Waals surface area contributed by atoms with Crippen LogP contribution >= 0.6 is 0 Å². The molecule has 0 bridgehead atoms. The first-order chi connectivity index (χ1) is 41.7. The Bertz CT molecular complexity index is 3300. The fourth-order valence-electron chi connectivity index (χ4n) is 9.00. The number of hydrogen-bond donors (Lipinski definition) is 0. The molecule has 0 unspecified atom stereocenters. The summed E-state index contributed by atoms with van der Waals surface area (Å²) < 4.78 is 40.2. The van der Waals surface area contributed by atoms with Crippen molar-refractivity contribution in [3.8, 4) is 45.6 Å². The average molecular weight is 1570 g/mol. The van der Waals surface area contributed by atoms with Gasteiger partial charge in [0.2, 0.25) is 0 Å². The van der Waals surface area contributed by atoms with Crippen molar-refractivity contribution in [2.75, 3.05) is 19.6 Å². The van der Waals surface area contributed by atoms with E-state index in [0.717, 1.165) is 91.8 Å². The third-order valence-corrected chi connectivity index (χ3v) is 14.2. The van der Waals surface area contributed by atoms with Crippen molar-refractivity contribution in [1.29, 1.82) is 0 Å². The van der Waals surface area contributed by atoms with E-state index in [9.17, 15) is 13.2 Å². The molecule has 90 heavy (non-hydrogen) atoms. The van der Waals surface area contributed by atoms with Gasteiger partial charge in [0.25, 0.3) is 0 Å². The van der Waals surface area contributed by atoms with Crippen LogP contribution in [0.15, 0.2) is 135 Å². The normalized spacial score (nSPS) is 14.5. The van der Waals surface area contributed by atoms with Gasteiger partial charge < -0.3 is 80.0 Å². The van der Waals surface area contributed by atoms with Gasteiger partial charge >= 0.3 is 6.18 Å². The number of aryl methyl sites for hydroxylation is 4. The fourth-order valence-corrected chi connectivity index (χ4v) is 9.00. The second-order valence-corrected chi connectivity index (χ2v) is 23.8. The van der Waals surface area contributed by atoms with Crippen LogP contribution in [0.25, 0.3) is 45.6 Å². The molecule has 0 saturated heterocycles. The summed E-state index contributed by atoms with van der Waals surface area (Å²) in [5.41, 5.74) is 13.4. The molecule has 23 heteroatoms. The molecule has 0 amide bonds. The van der Waals surface area contributed by atoms with Gasteiger partial charge in [-0.25, -0.2) is 0 Å². The van der Waals surface area contributed by atoms with Gasteiger partial charge in [0.1, 0.15) is 0 Å². The van der Waals surface area contributed by atoms with E-state index in [2.05, 4.69) is 181 Å². The molecular weight excluding hydrogens is 1500 g/mol. The number of halogens is 3. The van der Waals surface area contributed by atoms with Gasteiger partial charge in [0, 0.05) is 63.0 Å². The Morgan fingerprint density at radius 2 is 0.633 bits per heavy atom. The van der Waals surface area contributed by atoms with E-state index in [1.807, 2.05) is 138 Å². The van der Waals surface area contributed by atoms with E-state index < -0.39 is 11.7 Å². The van der Waals surface area contributed by atoms with E-state index in [1.165, 1.54) is 5.56 Å². The van der Waals surface area contributed by atoms with Crippen molar-refractivity contribution in [2.24, 2.45) is 0 Å². The van der Waals surface area contributed by atoms with Crippen molar-refractivity contribution in [2.45, 2.75) is 140 Å². The van der Waals surface area contributed by atoms with Crippen LogP contribution in [-0.2, 0) is 51.8 Å². The minimum Gasteiger partial charge on any atom is -0.574 e. The zero-order valence-corrected chi connectivity index (χ0v) is 58.0. The van der Waals surface area contributed by atoms with Crippen molar-refractivity contribution in [1.82, 2.24) is 70.4 Å². The molecule has 2 radical (unpaired) electrons. The first-order valence-electron chi connectivity index (χ1n) is 29.2. The van der Waals surface area contributed by atoms with E-state index in [1.54, 1.807) is 35.5 Å². The summed E-state index contributed by atoms with van der Waals surface area (Å²) in [6, 6.07) is 33.9. The fraction of sp³-hybridized carbons (Fsp3) is 0.313. The monoisotopic (exact) mass is 1570 g/mol. The Labute approximate surface area is 555 Å². The van der Waals surface area contributed by atoms with E-state index in [4.69, 9.17) is 0 Å². The van der Waals surface area contributed by atoms with Gasteiger partial charge in [-0.3, -0.25) is 9.97 Å². The van der Waals surface area contributed by atoms with Crippen LogP contribution in [0, 0.1) is 66.5 Å². The summed E-state index contributed by atoms with van der Waals surface area (Å²) in [5, 5.41) is 32.2. The summed E-state index contributed by atoms with van der Waals surface area (Å²) in [4.78, 5) is 24.9. The average Bonchev–Trinajstić information content (AvgIpc) is 3.03. The molecule has 0 saturated carbocycles. The SMILES string of the molecule is CC(C)N1C=CN(c2[c-]c(N3C=CN(C(C)C)[CH-]3)cc(C(C)(C)C)c2)[CH-]1.CC(C)N1C=CN(c2[c-]c(N3C=CN(C(C)C)[CH-]3)cc(C(F)(F)F)c2)[CH-]1.Cc1cc(-c2cccc(-c3cc(C)n[n-]3)n2)[n-]n1.Cc1cc(-c2cccc(-c3cc(C)n[n-]3)n2)[n-]n1.[Ir].[Ir]. The van der Waals surface area contributed by atoms with Gasteiger partial charge in [-0.1, -0.05) is 85.5 Å². The Morgan fingerprint density at radius 1 is 0.389 bits per heavy atom. The molecule has 0 fully saturated rings. The zero-order chi connectivity index (χ0) is 63.2. The smallest absolute Gasteiger partial charge is 0.394 e. The number of alkyl halides is 3. The van der Waals surface area contributed by atoms with Gasteiger partial charge in [0.05, 0.1) is 22.8 Å². The molecule has 0 spiro atoms. The van der Waals surface area contributed by atoms with Crippen LogP contribution in [0.5, 0.6) is 0 Å².